The quantitative estimate of drug-likeness (QED) is 0.617. The second kappa shape index (κ2) is 6.51. The first-order chi connectivity index (χ1) is 11.5. The van der Waals surface area contributed by atoms with Crippen LogP contribution < -0.4 is 0 Å². The summed E-state index contributed by atoms with van der Waals surface area (Å²) in [7, 11) is 0. The normalized spacial score (nSPS) is 31.2. The van der Waals surface area contributed by atoms with E-state index < -0.39 is 0 Å². The first kappa shape index (κ1) is 16.9. The minimum Gasteiger partial charge on any atom is -0.278 e. The predicted molar refractivity (Wildman–Crippen MR) is 104 cm³/mol. The number of rotatable bonds is 3. The molecular weight excluding hydrogens is 292 g/mol. The Balaban J connectivity index is 2.09. The second-order valence-electron chi connectivity index (χ2n) is 7.24. The van der Waals surface area contributed by atoms with Crippen LogP contribution in [0.3, 0.4) is 0 Å². The number of nitrogens with zero attached hydrogens (tertiary/aromatic N) is 2. The first-order valence-electron chi connectivity index (χ1n) is 9.15. The average molecular weight is 320 g/mol. The second-order valence-corrected chi connectivity index (χ2v) is 7.24. The van der Waals surface area contributed by atoms with E-state index >= 15 is 0 Å². The zero-order valence-electron chi connectivity index (χ0n) is 15.5. The molecule has 126 valence electrons. The molecule has 0 radical (unpaired) electrons. The molecule has 0 N–H and O–H groups in total. The third-order valence-electron chi connectivity index (χ3n) is 5.90. The van der Waals surface area contributed by atoms with E-state index in [-0.39, 0.29) is 5.54 Å². The molecule has 1 aromatic rings. The van der Waals surface area contributed by atoms with Crippen LogP contribution in [0.15, 0.2) is 63.6 Å². The van der Waals surface area contributed by atoms with Crippen molar-refractivity contribution in [1.29, 1.82) is 0 Å². The number of hydrogen-bond donors (Lipinski definition) is 0. The number of fused-ring (bicyclic) bond motifs is 1. The molecule has 0 saturated heterocycles. The summed E-state index contributed by atoms with van der Waals surface area (Å²) in [6.45, 7) is 11.5. The Hall–Kier alpha value is -1.96. The minimum atomic E-state index is 0.0361. The van der Waals surface area contributed by atoms with Crippen LogP contribution in [0.5, 0.6) is 0 Å². The van der Waals surface area contributed by atoms with E-state index in [1.165, 1.54) is 16.9 Å². The maximum absolute atomic E-state index is 5.20. The van der Waals surface area contributed by atoms with Gasteiger partial charge in [-0.1, -0.05) is 45.9 Å². The summed E-state index contributed by atoms with van der Waals surface area (Å²) in [5.41, 5.74) is 5.99. The molecule has 3 atom stereocenters. The highest BCUT2D eigenvalue weighted by molar-refractivity contribution is 6.25. The van der Waals surface area contributed by atoms with E-state index in [9.17, 15) is 0 Å². The van der Waals surface area contributed by atoms with E-state index in [4.69, 9.17) is 9.98 Å². The van der Waals surface area contributed by atoms with Crippen LogP contribution in [0, 0.1) is 11.8 Å². The molecule has 1 heterocycles. The monoisotopic (exact) mass is 320 g/mol. The molecule has 1 aliphatic carbocycles. The number of hydrogen-bond acceptors (Lipinski definition) is 2. The van der Waals surface area contributed by atoms with E-state index in [2.05, 4.69) is 58.9 Å². The molecule has 0 aromatic heterocycles. The third kappa shape index (κ3) is 2.90. The van der Waals surface area contributed by atoms with Gasteiger partial charge in [0.25, 0.3) is 0 Å². The van der Waals surface area contributed by atoms with Crippen molar-refractivity contribution < 1.29 is 0 Å². The maximum atomic E-state index is 5.20. The largest absolute Gasteiger partial charge is 0.278 e. The van der Waals surface area contributed by atoms with Crippen molar-refractivity contribution in [2.24, 2.45) is 21.8 Å². The Labute approximate surface area is 146 Å². The molecule has 3 rings (SSSR count). The van der Waals surface area contributed by atoms with Gasteiger partial charge in [-0.2, -0.15) is 0 Å². The molecule has 1 aliphatic heterocycles. The fourth-order valence-corrected chi connectivity index (χ4v) is 3.74. The number of para-hydroxylation sites is 1. The Morgan fingerprint density at radius 2 is 1.79 bits per heavy atom. The van der Waals surface area contributed by atoms with E-state index in [1.54, 1.807) is 0 Å². The summed E-state index contributed by atoms with van der Waals surface area (Å²) in [4.78, 5) is 10.0. The van der Waals surface area contributed by atoms with Gasteiger partial charge in [0.2, 0.25) is 0 Å². The van der Waals surface area contributed by atoms with Crippen molar-refractivity contribution in [3.05, 3.63) is 53.6 Å². The molecule has 2 nitrogen and oxygen atoms in total. The van der Waals surface area contributed by atoms with Gasteiger partial charge in [-0.25, -0.2) is 4.99 Å². The highest BCUT2D eigenvalue weighted by atomic mass is 14.9. The molecule has 1 aromatic carbocycles. The molecule has 3 unspecified atom stereocenters. The van der Waals surface area contributed by atoms with Crippen molar-refractivity contribution in [3.8, 4) is 0 Å². The maximum Gasteiger partial charge on any atom is 0.0649 e. The Bertz CT molecular complexity index is 736. The zero-order valence-corrected chi connectivity index (χ0v) is 15.5. The van der Waals surface area contributed by atoms with Gasteiger partial charge < -0.3 is 0 Å². The van der Waals surface area contributed by atoms with Gasteiger partial charge >= 0.3 is 0 Å². The fourth-order valence-electron chi connectivity index (χ4n) is 3.74. The van der Waals surface area contributed by atoms with Gasteiger partial charge in [0.05, 0.1) is 22.6 Å². The van der Waals surface area contributed by atoms with Crippen LogP contribution in [0.4, 0.5) is 5.69 Å². The van der Waals surface area contributed by atoms with Crippen molar-refractivity contribution in [2.75, 3.05) is 0 Å². The van der Waals surface area contributed by atoms with Crippen LogP contribution in [0.25, 0.3) is 0 Å². The van der Waals surface area contributed by atoms with E-state index in [0.717, 1.165) is 24.2 Å². The standard InChI is InChI=1S/C22H28N2/c1-6-17-13-19(23-18-11-9-8-10-12-18)14-20-15(3)16(4)22(5,7-2)24-21(17)20/h8-16H,6-7H2,1-5H3. The summed E-state index contributed by atoms with van der Waals surface area (Å²) in [6, 6.07) is 10.2. The lowest BCUT2D eigenvalue weighted by Gasteiger charge is -2.43. The first-order valence-corrected chi connectivity index (χ1v) is 9.15. The van der Waals surface area contributed by atoms with Crippen LogP contribution in [-0.2, 0) is 0 Å². The minimum absolute atomic E-state index is 0.0361. The van der Waals surface area contributed by atoms with Crippen LogP contribution >= 0.6 is 0 Å². The lowest BCUT2D eigenvalue weighted by molar-refractivity contribution is 0.245. The van der Waals surface area contributed by atoms with Crippen molar-refractivity contribution in [1.82, 2.24) is 0 Å². The highest BCUT2D eigenvalue weighted by Crippen LogP contribution is 2.42. The van der Waals surface area contributed by atoms with Crippen molar-refractivity contribution in [2.45, 2.75) is 53.0 Å². The topological polar surface area (TPSA) is 24.7 Å². The smallest absolute Gasteiger partial charge is 0.0649 e. The fraction of sp³-hybridized carbons (Fsp3) is 0.455. The summed E-state index contributed by atoms with van der Waals surface area (Å²) in [6.07, 6.45) is 6.54. The van der Waals surface area contributed by atoms with Crippen LogP contribution in [0.1, 0.15) is 47.5 Å². The highest BCUT2D eigenvalue weighted by Gasteiger charge is 2.41. The lowest BCUT2D eigenvalue weighted by Crippen LogP contribution is -2.42. The van der Waals surface area contributed by atoms with Gasteiger partial charge in [0, 0.05) is 0 Å². The molecule has 0 saturated carbocycles. The lowest BCUT2D eigenvalue weighted by atomic mass is 9.68. The summed E-state index contributed by atoms with van der Waals surface area (Å²) < 4.78 is 0. The molecule has 0 amide bonds. The Morgan fingerprint density at radius 1 is 1.08 bits per heavy atom. The van der Waals surface area contributed by atoms with E-state index in [0.29, 0.717) is 11.8 Å². The summed E-state index contributed by atoms with van der Waals surface area (Å²) in [5, 5.41) is 0. The molecule has 2 aliphatic rings. The number of benzene rings is 1. The summed E-state index contributed by atoms with van der Waals surface area (Å²) in [5.74, 6) is 1.03. The SMILES string of the molecule is CCC1=CC(=Nc2ccccc2)C=C2C1=NC(C)(CC)C(C)C2C. The molecule has 0 fully saturated rings. The molecule has 24 heavy (non-hydrogen) atoms. The zero-order chi connectivity index (χ0) is 17.3. The molecular formula is C22H28N2. The van der Waals surface area contributed by atoms with Crippen molar-refractivity contribution >= 4 is 17.1 Å². The van der Waals surface area contributed by atoms with Gasteiger partial charge in [-0.05, 0) is 67.0 Å². The van der Waals surface area contributed by atoms with Gasteiger partial charge in [-0.3, -0.25) is 4.99 Å². The third-order valence-corrected chi connectivity index (χ3v) is 5.90. The average Bonchev–Trinajstić information content (AvgIpc) is 2.61. The molecule has 2 heteroatoms. The number of aliphatic imine (C=N–C) groups is 2. The van der Waals surface area contributed by atoms with Gasteiger partial charge in [0.15, 0.2) is 0 Å². The van der Waals surface area contributed by atoms with E-state index in [1.807, 2.05) is 18.2 Å². The summed E-state index contributed by atoms with van der Waals surface area (Å²) >= 11 is 0. The molecule has 0 bridgehead atoms. The predicted octanol–water partition coefficient (Wildman–Crippen LogP) is 5.93. The Morgan fingerprint density at radius 3 is 2.42 bits per heavy atom. The Kier molecular flexibility index (Phi) is 4.58. The number of allylic oxidation sites excluding steroid dienone is 4. The van der Waals surface area contributed by atoms with Crippen LogP contribution in [-0.4, -0.2) is 17.0 Å². The van der Waals surface area contributed by atoms with Crippen molar-refractivity contribution in [3.63, 3.8) is 0 Å². The van der Waals surface area contributed by atoms with Gasteiger partial charge in [-0.15, -0.1) is 0 Å². The van der Waals surface area contributed by atoms with Gasteiger partial charge in [0.1, 0.15) is 0 Å². The molecule has 0 spiro atoms. The van der Waals surface area contributed by atoms with Crippen LogP contribution in [0.2, 0.25) is 0 Å².